The maximum atomic E-state index is 13.2. The number of quaternary nitrogens is 1. The Morgan fingerprint density at radius 3 is 2.33 bits per heavy atom. The summed E-state index contributed by atoms with van der Waals surface area (Å²) in [5.74, 6) is 0.878. The third kappa shape index (κ3) is 4.12. The van der Waals surface area contributed by atoms with E-state index in [4.69, 9.17) is 4.42 Å². The van der Waals surface area contributed by atoms with Crippen LogP contribution in [0.3, 0.4) is 0 Å². The molecule has 0 amide bonds. The van der Waals surface area contributed by atoms with Crippen LogP contribution in [0.25, 0.3) is 0 Å². The van der Waals surface area contributed by atoms with Gasteiger partial charge in [-0.15, -0.1) is 0 Å². The van der Waals surface area contributed by atoms with E-state index in [0.717, 1.165) is 24.3 Å². The number of hydrogen-bond acceptors (Lipinski definition) is 1. The van der Waals surface area contributed by atoms with Gasteiger partial charge in [0.05, 0.1) is 12.8 Å². The van der Waals surface area contributed by atoms with Crippen LogP contribution >= 0.6 is 0 Å². The Balaban J connectivity index is 1.66. The van der Waals surface area contributed by atoms with Crippen LogP contribution in [0.5, 0.6) is 0 Å². The number of nitrogens with two attached hydrogens (primary N) is 1. The van der Waals surface area contributed by atoms with Crippen molar-refractivity contribution >= 4 is 0 Å². The number of benzene rings is 2. The highest BCUT2D eigenvalue weighted by Crippen LogP contribution is 2.28. The summed E-state index contributed by atoms with van der Waals surface area (Å²) in [6, 6.07) is 21.5. The van der Waals surface area contributed by atoms with Gasteiger partial charge in [0.15, 0.2) is 0 Å². The molecule has 0 saturated carbocycles. The Morgan fingerprint density at radius 1 is 0.917 bits per heavy atom. The van der Waals surface area contributed by atoms with E-state index < -0.39 is 0 Å². The average Bonchev–Trinajstić information content (AvgIpc) is 3.15. The van der Waals surface area contributed by atoms with Crippen molar-refractivity contribution in [1.82, 2.24) is 0 Å². The van der Waals surface area contributed by atoms with Gasteiger partial charge in [0.2, 0.25) is 0 Å². The lowest BCUT2D eigenvalue weighted by atomic mass is 9.93. The molecular weight excluding hydrogens is 301 g/mol. The van der Waals surface area contributed by atoms with E-state index in [0.29, 0.717) is 6.04 Å². The maximum absolute atomic E-state index is 13.2. The molecule has 0 unspecified atom stereocenters. The molecule has 2 aromatic carbocycles. The first-order valence-electron chi connectivity index (χ1n) is 8.41. The molecule has 0 bridgehead atoms. The molecule has 0 aliphatic carbocycles. The molecule has 0 fully saturated rings. The Labute approximate surface area is 142 Å². The molecular formula is C21H23FNO+. The first-order valence-corrected chi connectivity index (χ1v) is 8.41. The molecule has 1 heterocycles. The lowest BCUT2D eigenvalue weighted by Gasteiger charge is -2.16. The van der Waals surface area contributed by atoms with Crippen LogP contribution in [-0.4, -0.2) is 6.54 Å². The topological polar surface area (TPSA) is 29.8 Å². The molecule has 2 nitrogen and oxygen atoms in total. The van der Waals surface area contributed by atoms with Crippen LogP contribution in [0.1, 0.15) is 42.2 Å². The molecule has 0 saturated heterocycles. The molecule has 0 radical (unpaired) electrons. The predicted molar refractivity (Wildman–Crippen MR) is 93.2 cm³/mol. The smallest absolute Gasteiger partial charge is 0.123 e. The van der Waals surface area contributed by atoms with Crippen LogP contribution in [-0.2, 0) is 0 Å². The van der Waals surface area contributed by atoms with Gasteiger partial charge in [0, 0.05) is 17.9 Å². The van der Waals surface area contributed by atoms with Gasteiger partial charge in [0.1, 0.15) is 17.6 Å². The van der Waals surface area contributed by atoms with E-state index in [1.54, 1.807) is 6.26 Å². The Kier molecular flexibility index (Phi) is 5.44. The molecule has 3 heteroatoms. The molecule has 3 aromatic rings. The number of furan rings is 1. The Bertz CT molecular complexity index is 722. The normalized spacial score (nSPS) is 13.6. The number of halogens is 1. The minimum absolute atomic E-state index is 0.153. The largest absolute Gasteiger partial charge is 0.469 e. The third-order valence-electron chi connectivity index (χ3n) is 4.46. The van der Waals surface area contributed by atoms with Gasteiger partial charge in [-0.2, -0.15) is 0 Å². The van der Waals surface area contributed by atoms with Gasteiger partial charge in [-0.1, -0.05) is 42.5 Å². The van der Waals surface area contributed by atoms with Gasteiger partial charge in [-0.25, -0.2) is 4.39 Å². The van der Waals surface area contributed by atoms with E-state index in [-0.39, 0.29) is 11.7 Å². The molecule has 1 aromatic heterocycles. The third-order valence-corrected chi connectivity index (χ3v) is 4.46. The summed E-state index contributed by atoms with van der Waals surface area (Å²) in [5.41, 5.74) is 2.42. The fraction of sp³-hybridized carbons (Fsp3) is 0.238. The highest BCUT2D eigenvalue weighted by molar-refractivity contribution is 5.27. The van der Waals surface area contributed by atoms with Crippen molar-refractivity contribution in [3.8, 4) is 0 Å². The number of rotatable bonds is 7. The summed E-state index contributed by atoms with van der Waals surface area (Å²) in [5, 5.41) is 2.34. The SMILES string of the molecule is C[C@H]([NH2+]CC[C@H](c1ccc(F)cc1)c1ccco1)c1ccccc1. The van der Waals surface area contributed by atoms with E-state index in [1.165, 1.54) is 17.7 Å². The molecule has 0 aliphatic rings. The van der Waals surface area contributed by atoms with Crippen molar-refractivity contribution in [3.63, 3.8) is 0 Å². The zero-order valence-corrected chi connectivity index (χ0v) is 13.9. The van der Waals surface area contributed by atoms with Crippen molar-refractivity contribution in [3.05, 3.63) is 95.7 Å². The second kappa shape index (κ2) is 7.93. The summed E-state index contributed by atoms with van der Waals surface area (Å²) in [6.07, 6.45) is 2.64. The predicted octanol–water partition coefficient (Wildman–Crippen LogP) is 4.27. The van der Waals surface area contributed by atoms with Crippen molar-refractivity contribution in [2.45, 2.75) is 25.3 Å². The average molecular weight is 324 g/mol. The van der Waals surface area contributed by atoms with E-state index in [2.05, 4.69) is 36.5 Å². The van der Waals surface area contributed by atoms with E-state index >= 15 is 0 Å². The van der Waals surface area contributed by atoms with Crippen LogP contribution in [0, 0.1) is 5.82 Å². The fourth-order valence-electron chi connectivity index (χ4n) is 3.06. The number of hydrogen-bond donors (Lipinski definition) is 1. The molecule has 2 N–H and O–H groups in total. The summed E-state index contributed by atoms with van der Waals surface area (Å²) in [4.78, 5) is 0. The van der Waals surface area contributed by atoms with Gasteiger partial charge in [0.25, 0.3) is 0 Å². The molecule has 124 valence electrons. The first kappa shape index (κ1) is 16.5. The second-order valence-corrected chi connectivity index (χ2v) is 6.13. The summed E-state index contributed by atoms with van der Waals surface area (Å²) in [6.45, 7) is 3.19. The molecule has 24 heavy (non-hydrogen) atoms. The van der Waals surface area contributed by atoms with E-state index in [1.807, 2.05) is 30.3 Å². The van der Waals surface area contributed by atoms with Crippen LogP contribution in [0.2, 0.25) is 0 Å². The summed E-state index contributed by atoms with van der Waals surface area (Å²) < 4.78 is 18.8. The zero-order chi connectivity index (χ0) is 16.8. The van der Waals surface area contributed by atoms with Crippen molar-refractivity contribution in [2.24, 2.45) is 0 Å². The zero-order valence-electron chi connectivity index (χ0n) is 13.9. The molecule has 0 spiro atoms. The first-order chi connectivity index (χ1) is 11.7. The van der Waals surface area contributed by atoms with Gasteiger partial charge < -0.3 is 9.73 Å². The fourth-order valence-corrected chi connectivity index (χ4v) is 3.06. The summed E-state index contributed by atoms with van der Waals surface area (Å²) in [7, 11) is 0. The highest BCUT2D eigenvalue weighted by Gasteiger charge is 2.18. The van der Waals surface area contributed by atoms with E-state index in [9.17, 15) is 4.39 Å². The minimum atomic E-state index is -0.207. The van der Waals surface area contributed by atoms with Crippen LogP contribution in [0.15, 0.2) is 77.4 Å². The quantitative estimate of drug-likeness (QED) is 0.691. The van der Waals surface area contributed by atoms with Crippen molar-refractivity contribution < 1.29 is 14.1 Å². The molecule has 2 atom stereocenters. The monoisotopic (exact) mass is 324 g/mol. The Morgan fingerprint density at radius 2 is 1.67 bits per heavy atom. The minimum Gasteiger partial charge on any atom is -0.469 e. The maximum Gasteiger partial charge on any atom is 0.123 e. The van der Waals surface area contributed by atoms with Crippen LogP contribution in [0.4, 0.5) is 4.39 Å². The van der Waals surface area contributed by atoms with Gasteiger partial charge in [-0.05, 0) is 36.8 Å². The van der Waals surface area contributed by atoms with Crippen molar-refractivity contribution in [1.29, 1.82) is 0 Å². The summed E-state index contributed by atoms with van der Waals surface area (Å²) >= 11 is 0. The Hall–Kier alpha value is -2.39. The molecule has 3 rings (SSSR count). The lowest BCUT2D eigenvalue weighted by Crippen LogP contribution is -2.84. The lowest BCUT2D eigenvalue weighted by molar-refractivity contribution is -0.693. The van der Waals surface area contributed by atoms with Gasteiger partial charge in [-0.3, -0.25) is 0 Å². The molecule has 0 aliphatic heterocycles. The van der Waals surface area contributed by atoms with Crippen LogP contribution < -0.4 is 5.32 Å². The van der Waals surface area contributed by atoms with Crippen molar-refractivity contribution in [2.75, 3.05) is 6.54 Å². The second-order valence-electron chi connectivity index (χ2n) is 6.13. The standard InChI is InChI=1S/C21H22FNO/c1-16(17-6-3-2-4-7-17)23-14-13-20(21-8-5-15-24-21)18-9-11-19(22)12-10-18/h2-12,15-16,20,23H,13-14H2,1H3/p+1/t16-,20+/m0/s1. The highest BCUT2D eigenvalue weighted by atomic mass is 19.1. The van der Waals surface area contributed by atoms with Gasteiger partial charge >= 0.3 is 0 Å².